The first-order valence-electron chi connectivity index (χ1n) is 8.97. The van der Waals surface area contributed by atoms with Gasteiger partial charge in [-0.1, -0.05) is 30.9 Å². The van der Waals surface area contributed by atoms with Crippen LogP contribution >= 0.6 is 0 Å². The molecule has 1 amide bonds. The number of nitrogens with zero attached hydrogens (tertiary/aromatic N) is 1. The molecule has 2 aromatic rings. The number of hydrogen-bond acceptors (Lipinski definition) is 4. The summed E-state index contributed by atoms with van der Waals surface area (Å²) in [6.45, 7) is 6.12. The first kappa shape index (κ1) is 21.5. The Bertz CT molecular complexity index is 926. The van der Waals surface area contributed by atoms with Crippen molar-refractivity contribution in [3.05, 3.63) is 66.7 Å². The number of aryl methyl sites for hydroxylation is 1. The number of carbonyl (C=O) groups is 1. The van der Waals surface area contributed by atoms with E-state index in [1.807, 2.05) is 25.1 Å². The van der Waals surface area contributed by atoms with E-state index in [1.54, 1.807) is 36.4 Å². The summed E-state index contributed by atoms with van der Waals surface area (Å²) < 4.78 is 31.1. The lowest BCUT2D eigenvalue weighted by atomic mass is 10.2. The molecule has 0 aliphatic carbocycles. The van der Waals surface area contributed by atoms with Crippen molar-refractivity contribution in [3.63, 3.8) is 0 Å². The summed E-state index contributed by atoms with van der Waals surface area (Å²) >= 11 is 0. The molecule has 2 rings (SSSR count). The Morgan fingerprint density at radius 3 is 2.64 bits per heavy atom. The zero-order valence-corrected chi connectivity index (χ0v) is 17.0. The van der Waals surface area contributed by atoms with Gasteiger partial charge >= 0.3 is 0 Å². The molecule has 0 saturated heterocycles. The summed E-state index contributed by atoms with van der Waals surface area (Å²) in [5, 5.41) is 2.81. The molecule has 1 N–H and O–H groups in total. The van der Waals surface area contributed by atoms with Gasteiger partial charge in [0.2, 0.25) is 15.9 Å². The molecule has 0 fully saturated rings. The number of hydrogen-bond donors (Lipinski definition) is 1. The molecule has 0 aromatic heterocycles. The van der Waals surface area contributed by atoms with E-state index >= 15 is 0 Å². The molecule has 0 bridgehead atoms. The van der Waals surface area contributed by atoms with Crippen LogP contribution < -0.4 is 14.4 Å². The summed E-state index contributed by atoms with van der Waals surface area (Å²) in [4.78, 5) is 12.2. The minimum absolute atomic E-state index is 0.182. The van der Waals surface area contributed by atoms with Gasteiger partial charge in [-0.05, 0) is 43.2 Å². The van der Waals surface area contributed by atoms with Gasteiger partial charge in [-0.3, -0.25) is 9.10 Å². The Kier molecular flexibility index (Phi) is 7.63. The van der Waals surface area contributed by atoms with Crippen LogP contribution in [0.5, 0.6) is 5.75 Å². The van der Waals surface area contributed by atoms with Crippen LogP contribution in [-0.4, -0.2) is 33.7 Å². The predicted molar refractivity (Wildman–Crippen MR) is 113 cm³/mol. The van der Waals surface area contributed by atoms with Crippen molar-refractivity contribution in [2.75, 3.05) is 29.0 Å². The highest BCUT2D eigenvalue weighted by Gasteiger charge is 2.17. The standard InChI is InChI=1S/C21H26N2O4S/c1-4-14-27-20-11-6-9-18(16-20)22-21(24)12-7-13-23(28(3,25)26)19-10-5-8-17(2)15-19/h4-6,8-11,15-16H,1,7,12-14H2,2-3H3,(H,22,24). The van der Waals surface area contributed by atoms with Gasteiger partial charge in [-0.2, -0.15) is 0 Å². The molecule has 0 spiro atoms. The Labute approximate surface area is 166 Å². The topological polar surface area (TPSA) is 75.7 Å². The molecular formula is C21H26N2O4S. The minimum Gasteiger partial charge on any atom is -0.489 e. The molecule has 7 heteroatoms. The first-order chi connectivity index (χ1) is 13.3. The average molecular weight is 403 g/mol. The van der Waals surface area contributed by atoms with Crippen LogP contribution in [0.15, 0.2) is 61.2 Å². The molecule has 0 saturated carbocycles. The molecule has 0 atom stereocenters. The highest BCUT2D eigenvalue weighted by atomic mass is 32.2. The number of ether oxygens (including phenoxy) is 1. The second kappa shape index (κ2) is 9.94. The first-order valence-corrected chi connectivity index (χ1v) is 10.8. The lowest BCUT2D eigenvalue weighted by Crippen LogP contribution is -2.31. The average Bonchev–Trinajstić information content (AvgIpc) is 2.63. The maximum Gasteiger partial charge on any atom is 0.232 e. The monoisotopic (exact) mass is 402 g/mol. The van der Waals surface area contributed by atoms with E-state index in [9.17, 15) is 13.2 Å². The highest BCUT2D eigenvalue weighted by Crippen LogP contribution is 2.20. The Morgan fingerprint density at radius 1 is 1.21 bits per heavy atom. The van der Waals surface area contributed by atoms with Crippen molar-refractivity contribution in [2.45, 2.75) is 19.8 Å². The number of nitrogens with one attached hydrogen (secondary N) is 1. The summed E-state index contributed by atoms with van der Waals surface area (Å²) in [6, 6.07) is 14.4. The molecule has 0 aliphatic heterocycles. The van der Waals surface area contributed by atoms with E-state index in [0.717, 1.165) is 5.56 Å². The van der Waals surface area contributed by atoms with Gasteiger partial charge in [0, 0.05) is 24.7 Å². The fourth-order valence-electron chi connectivity index (χ4n) is 2.69. The lowest BCUT2D eigenvalue weighted by molar-refractivity contribution is -0.116. The Hall–Kier alpha value is -2.80. The van der Waals surface area contributed by atoms with E-state index in [-0.39, 0.29) is 18.9 Å². The van der Waals surface area contributed by atoms with Gasteiger partial charge in [0.15, 0.2) is 0 Å². The van der Waals surface area contributed by atoms with Gasteiger partial charge in [-0.15, -0.1) is 0 Å². The van der Waals surface area contributed by atoms with E-state index in [1.165, 1.54) is 10.6 Å². The van der Waals surface area contributed by atoms with Crippen LogP contribution in [0.4, 0.5) is 11.4 Å². The van der Waals surface area contributed by atoms with E-state index in [4.69, 9.17) is 4.74 Å². The number of anilines is 2. The summed E-state index contributed by atoms with van der Waals surface area (Å²) in [5.41, 5.74) is 2.21. The van der Waals surface area contributed by atoms with Crippen molar-refractivity contribution in [1.29, 1.82) is 0 Å². The smallest absolute Gasteiger partial charge is 0.232 e. The molecule has 2 aromatic carbocycles. The van der Waals surface area contributed by atoms with Crippen LogP contribution in [0.3, 0.4) is 0 Å². The SMILES string of the molecule is C=CCOc1cccc(NC(=O)CCCN(c2cccc(C)c2)S(C)(=O)=O)c1. The molecule has 150 valence electrons. The van der Waals surface area contributed by atoms with Crippen molar-refractivity contribution in [2.24, 2.45) is 0 Å². The number of benzene rings is 2. The number of rotatable bonds is 10. The van der Waals surface area contributed by atoms with Crippen LogP contribution in [0.1, 0.15) is 18.4 Å². The highest BCUT2D eigenvalue weighted by molar-refractivity contribution is 7.92. The van der Waals surface area contributed by atoms with Crippen molar-refractivity contribution < 1.29 is 17.9 Å². The maximum absolute atomic E-state index is 12.2. The second-order valence-corrected chi connectivity index (χ2v) is 8.36. The van der Waals surface area contributed by atoms with Gasteiger partial charge in [0.1, 0.15) is 12.4 Å². The van der Waals surface area contributed by atoms with Gasteiger partial charge in [-0.25, -0.2) is 8.42 Å². The Balaban J connectivity index is 1.93. The normalized spacial score (nSPS) is 10.9. The van der Waals surface area contributed by atoms with Crippen molar-refractivity contribution >= 4 is 27.3 Å². The van der Waals surface area contributed by atoms with Crippen molar-refractivity contribution in [3.8, 4) is 5.75 Å². The van der Waals surface area contributed by atoms with Crippen LogP contribution in [0.25, 0.3) is 0 Å². The fourth-order valence-corrected chi connectivity index (χ4v) is 3.65. The number of sulfonamides is 1. The van der Waals surface area contributed by atoms with E-state index in [0.29, 0.717) is 30.2 Å². The second-order valence-electron chi connectivity index (χ2n) is 6.45. The van der Waals surface area contributed by atoms with E-state index < -0.39 is 10.0 Å². The Morgan fingerprint density at radius 2 is 1.96 bits per heavy atom. The predicted octanol–water partition coefficient (Wildman–Crippen LogP) is 3.74. The van der Waals surface area contributed by atoms with E-state index in [2.05, 4.69) is 11.9 Å². The van der Waals surface area contributed by atoms with Crippen LogP contribution in [-0.2, 0) is 14.8 Å². The molecule has 0 aliphatic rings. The number of amides is 1. The van der Waals surface area contributed by atoms with Gasteiger partial charge in [0.25, 0.3) is 0 Å². The van der Waals surface area contributed by atoms with Gasteiger partial charge in [0.05, 0.1) is 11.9 Å². The molecule has 6 nitrogen and oxygen atoms in total. The lowest BCUT2D eigenvalue weighted by Gasteiger charge is -2.22. The molecule has 28 heavy (non-hydrogen) atoms. The molecule has 0 heterocycles. The van der Waals surface area contributed by atoms with Gasteiger partial charge < -0.3 is 10.1 Å². The van der Waals surface area contributed by atoms with Crippen LogP contribution in [0.2, 0.25) is 0 Å². The third-order valence-electron chi connectivity index (χ3n) is 3.94. The van der Waals surface area contributed by atoms with Crippen molar-refractivity contribution in [1.82, 2.24) is 0 Å². The molecule has 0 radical (unpaired) electrons. The maximum atomic E-state index is 12.2. The quantitative estimate of drug-likeness (QED) is 0.614. The fraction of sp³-hybridized carbons (Fsp3) is 0.286. The summed E-state index contributed by atoms with van der Waals surface area (Å²) in [6.07, 6.45) is 3.42. The zero-order chi connectivity index (χ0) is 20.6. The molecule has 0 unspecified atom stereocenters. The number of carbonyl (C=O) groups excluding carboxylic acids is 1. The zero-order valence-electron chi connectivity index (χ0n) is 16.2. The third-order valence-corrected chi connectivity index (χ3v) is 5.13. The third kappa shape index (κ3) is 6.74. The largest absolute Gasteiger partial charge is 0.489 e. The summed E-state index contributed by atoms with van der Waals surface area (Å²) in [5.74, 6) is 0.457. The molecular weight excluding hydrogens is 376 g/mol. The minimum atomic E-state index is -3.43. The summed E-state index contributed by atoms with van der Waals surface area (Å²) in [7, 11) is -3.43. The van der Waals surface area contributed by atoms with Crippen LogP contribution in [0, 0.1) is 6.92 Å².